The second-order valence-electron chi connectivity index (χ2n) is 10.0. The van der Waals surface area contributed by atoms with Crippen LogP contribution in [0.2, 0.25) is 0 Å². The van der Waals surface area contributed by atoms with Crippen molar-refractivity contribution >= 4 is 56.9 Å². The molecule has 5 aromatic heterocycles. The van der Waals surface area contributed by atoms with Crippen molar-refractivity contribution in [3.8, 4) is 32.4 Å². The Bertz CT molecular complexity index is 2010. The molecule has 0 fully saturated rings. The Morgan fingerprint density at radius 3 is 1.89 bits per heavy atom. The van der Waals surface area contributed by atoms with E-state index in [1.807, 2.05) is 68.8 Å². The van der Waals surface area contributed by atoms with Gasteiger partial charge < -0.3 is 0 Å². The molecule has 0 bridgehead atoms. The van der Waals surface area contributed by atoms with Crippen LogP contribution in [0.15, 0.2) is 52.4 Å². The van der Waals surface area contributed by atoms with Gasteiger partial charge in [-0.05, 0) is 33.2 Å². The Balaban J connectivity index is 0.000000193. The molecule has 234 valence electrons. The highest BCUT2D eigenvalue weighted by Gasteiger charge is 2.15. The molecule has 6 aromatic rings. The van der Waals surface area contributed by atoms with Crippen molar-refractivity contribution in [2.45, 2.75) is 47.1 Å². The number of Topliss-reactive ketones (excluding diaryl/α,β-unsaturated/α-hetero) is 2. The monoisotopic (exact) mass is 688 g/mol. The molecule has 0 N–H and O–H groups in total. The summed E-state index contributed by atoms with van der Waals surface area (Å²) in [5.41, 5.74) is 13.6. The standard InChI is InChI=1S/C19H17N5OS2.C11H11N5OS2/c1-12-19(27-13(2)20-12)17-11-26-18(21-17)8-15(25)9-24-10-16(22-23-24)14-6-4-3-5-7-14;1-6-11(19-7(2)14-6)9-5-18-10(15-9)3-8(17)4-13-16-12/h3-7,10-11H,8-9H2,1-2H3;5H,3-4H2,1-2H3. The second kappa shape index (κ2) is 15.2. The predicted octanol–water partition coefficient (Wildman–Crippen LogP) is 7.26. The Labute approximate surface area is 280 Å². The number of hydrogen-bond donors (Lipinski definition) is 0. The molecule has 0 aliphatic rings. The number of nitrogens with zero attached hydrogens (tertiary/aromatic N) is 10. The van der Waals surface area contributed by atoms with Gasteiger partial charge in [-0.3, -0.25) is 9.59 Å². The van der Waals surface area contributed by atoms with Gasteiger partial charge in [-0.2, -0.15) is 0 Å². The van der Waals surface area contributed by atoms with Crippen LogP contribution < -0.4 is 0 Å². The van der Waals surface area contributed by atoms with Crippen molar-refractivity contribution in [1.29, 1.82) is 0 Å². The maximum Gasteiger partial charge on any atom is 0.161 e. The minimum atomic E-state index is -0.129. The lowest BCUT2D eigenvalue weighted by atomic mass is 10.2. The minimum absolute atomic E-state index is 0.0534. The number of benzene rings is 1. The van der Waals surface area contributed by atoms with E-state index in [1.54, 1.807) is 33.6 Å². The number of ketones is 2. The van der Waals surface area contributed by atoms with Gasteiger partial charge in [-0.1, -0.05) is 40.7 Å². The molecular formula is C30H28N10O2S4. The highest BCUT2D eigenvalue weighted by Crippen LogP contribution is 2.32. The van der Waals surface area contributed by atoms with Gasteiger partial charge in [-0.25, -0.2) is 24.6 Å². The molecule has 5 heterocycles. The maximum absolute atomic E-state index is 12.4. The van der Waals surface area contributed by atoms with Crippen LogP contribution in [-0.2, 0) is 29.0 Å². The van der Waals surface area contributed by atoms with E-state index in [-0.39, 0.29) is 31.1 Å². The van der Waals surface area contributed by atoms with Crippen LogP contribution in [0.25, 0.3) is 42.8 Å². The van der Waals surface area contributed by atoms with Gasteiger partial charge in [0.15, 0.2) is 5.78 Å². The number of azide groups is 1. The van der Waals surface area contributed by atoms with Gasteiger partial charge in [0.25, 0.3) is 0 Å². The fourth-order valence-corrected chi connectivity index (χ4v) is 7.93. The average molecular weight is 689 g/mol. The SMILES string of the molecule is Cc1nc(C)c(-c2csc(CC(=O)CN=[N+]=[N-])n2)s1.Cc1nc(C)c(-c2csc(CC(=O)Cn3cc(-c4ccccc4)nn3)n2)s1. The third-order valence-electron chi connectivity index (χ3n) is 6.33. The lowest BCUT2D eigenvalue weighted by Crippen LogP contribution is -2.13. The summed E-state index contributed by atoms with van der Waals surface area (Å²) < 4.78 is 1.58. The molecule has 16 heteroatoms. The molecule has 6 rings (SSSR count). The van der Waals surface area contributed by atoms with E-state index < -0.39 is 0 Å². The first-order valence-electron chi connectivity index (χ1n) is 14.0. The maximum atomic E-state index is 12.4. The molecular weight excluding hydrogens is 661 g/mol. The van der Waals surface area contributed by atoms with E-state index in [9.17, 15) is 9.59 Å². The first-order valence-corrected chi connectivity index (χ1v) is 17.3. The fraction of sp³-hybridized carbons (Fsp3) is 0.267. The molecule has 12 nitrogen and oxygen atoms in total. The first-order chi connectivity index (χ1) is 22.2. The molecule has 0 amide bonds. The van der Waals surface area contributed by atoms with Crippen LogP contribution in [0.1, 0.15) is 31.4 Å². The van der Waals surface area contributed by atoms with Gasteiger partial charge >= 0.3 is 0 Å². The molecule has 1 aromatic carbocycles. The predicted molar refractivity (Wildman–Crippen MR) is 182 cm³/mol. The third kappa shape index (κ3) is 8.62. The normalized spacial score (nSPS) is 10.7. The van der Waals surface area contributed by atoms with Crippen LogP contribution in [0.5, 0.6) is 0 Å². The quantitative estimate of drug-likeness (QED) is 0.0779. The summed E-state index contributed by atoms with van der Waals surface area (Å²) in [5.74, 6) is -0.0754. The summed E-state index contributed by atoms with van der Waals surface area (Å²) in [7, 11) is 0. The van der Waals surface area contributed by atoms with Gasteiger partial charge in [0.2, 0.25) is 0 Å². The van der Waals surface area contributed by atoms with E-state index in [0.29, 0.717) is 6.42 Å². The molecule has 0 aliphatic heterocycles. The van der Waals surface area contributed by atoms with E-state index in [1.165, 1.54) is 22.7 Å². The van der Waals surface area contributed by atoms with Gasteiger partial charge in [0, 0.05) is 21.2 Å². The summed E-state index contributed by atoms with van der Waals surface area (Å²) in [6.45, 7) is 7.94. The van der Waals surface area contributed by atoms with Gasteiger partial charge in [0.05, 0.1) is 68.1 Å². The lowest BCUT2D eigenvalue weighted by Gasteiger charge is -1.98. The van der Waals surface area contributed by atoms with Crippen LogP contribution in [0, 0.1) is 27.7 Å². The zero-order valence-corrected chi connectivity index (χ0v) is 28.6. The lowest BCUT2D eigenvalue weighted by molar-refractivity contribution is -0.119. The van der Waals surface area contributed by atoms with Crippen LogP contribution in [0.3, 0.4) is 0 Å². The smallest absolute Gasteiger partial charge is 0.161 e. The summed E-state index contributed by atoms with van der Waals surface area (Å²) in [4.78, 5) is 46.4. The first kappa shape index (κ1) is 32.9. The summed E-state index contributed by atoms with van der Waals surface area (Å²) in [6, 6.07) is 9.79. The highest BCUT2D eigenvalue weighted by atomic mass is 32.1. The second-order valence-corrected chi connectivity index (χ2v) is 14.3. The molecule has 0 saturated heterocycles. The largest absolute Gasteiger partial charge is 0.299 e. The van der Waals surface area contributed by atoms with Crippen LogP contribution >= 0.6 is 45.3 Å². The molecule has 0 aliphatic carbocycles. The van der Waals surface area contributed by atoms with Crippen molar-refractivity contribution in [3.05, 3.63) is 89.1 Å². The van der Waals surface area contributed by atoms with Crippen molar-refractivity contribution in [2.24, 2.45) is 5.11 Å². The van der Waals surface area contributed by atoms with Crippen molar-refractivity contribution in [1.82, 2.24) is 34.9 Å². The highest BCUT2D eigenvalue weighted by molar-refractivity contribution is 7.16. The third-order valence-corrected chi connectivity index (χ3v) is 10.2. The van der Waals surface area contributed by atoms with Crippen LogP contribution in [0.4, 0.5) is 0 Å². The number of hydrogen-bond acceptors (Lipinski definition) is 13. The van der Waals surface area contributed by atoms with Gasteiger partial charge in [-0.15, -0.1) is 50.4 Å². The Kier molecular flexibility index (Phi) is 10.9. The average Bonchev–Trinajstić information content (AvgIpc) is 3.86. The van der Waals surface area contributed by atoms with E-state index in [2.05, 4.69) is 40.3 Å². The molecule has 0 saturated carbocycles. The topological polar surface area (TPSA) is 165 Å². The summed E-state index contributed by atoms with van der Waals surface area (Å²) in [5, 5.41) is 18.9. The van der Waals surface area contributed by atoms with E-state index in [4.69, 9.17) is 5.53 Å². The zero-order chi connectivity index (χ0) is 32.6. The number of aryl methyl sites for hydroxylation is 4. The van der Waals surface area contributed by atoms with E-state index in [0.717, 1.165) is 63.8 Å². The van der Waals surface area contributed by atoms with Gasteiger partial charge in [0.1, 0.15) is 28.0 Å². The summed E-state index contributed by atoms with van der Waals surface area (Å²) in [6.07, 6.45) is 2.30. The Hall–Kier alpha value is -4.47. The molecule has 0 atom stereocenters. The van der Waals surface area contributed by atoms with Crippen molar-refractivity contribution in [3.63, 3.8) is 0 Å². The fourth-order valence-electron chi connectivity index (χ4n) is 4.39. The van der Waals surface area contributed by atoms with Crippen molar-refractivity contribution < 1.29 is 9.59 Å². The number of aromatic nitrogens is 7. The van der Waals surface area contributed by atoms with E-state index >= 15 is 0 Å². The number of thiazole rings is 4. The Morgan fingerprint density at radius 1 is 0.804 bits per heavy atom. The zero-order valence-electron chi connectivity index (χ0n) is 25.4. The number of carbonyl (C=O) groups is 2. The summed E-state index contributed by atoms with van der Waals surface area (Å²) >= 11 is 6.17. The van der Waals surface area contributed by atoms with Crippen molar-refractivity contribution in [2.75, 3.05) is 6.54 Å². The number of rotatable bonds is 11. The molecule has 0 spiro atoms. The minimum Gasteiger partial charge on any atom is -0.299 e. The van der Waals surface area contributed by atoms with Crippen LogP contribution in [-0.4, -0.2) is 53.0 Å². The Morgan fingerprint density at radius 2 is 1.37 bits per heavy atom. The molecule has 46 heavy (non-hydrogen) atoms. The molecule has 0 radical (unpaired) electrons. The molecule has 0 unspecified atom stereocenters. The number of carbonyl (C=O) groups excluding carboxylic acids is 2.